The van der Waals surface area contributed by atoms with Crippen LogP contribution in [0.4, 0.5) is 0 Å². The van der Waals surface area contributed by atoms with Crippen molar-refractivity contribution in [1.82, 2.24) is 0 Å². The molecule has 0 fully saturated rings. The first kappa shape index (κ1) is 9.53. The molecule has 9 heteroatoms. The first-order valence-corrected chi connectivity index (χ1v) is 25.0. The van der Waals surface area contributed by atoms with E-state index in [1.807, 2.05) is 0 Å². The van der Waals surface area contributed by atoms with Crippen LogP contribution in [0.3, 0.4) is 0 Å². The number of fused-ring (bicyclic) bond motifs is 2. The normalized spacial score (nSPS) is 17.6. The van der Waals surface area contributed by atoms with E-state index in [0.717, 1.165) is 40.8 Å². The topological polar surface area (TPSA) is 23.8 Å². The molecule has 0 N–H and O–H groups in total. The van der Waals surface area contributed by atoms with Crippen LogP contribution in [0.2, 0.25) is 0 Å². The van der Waals surface area contributed by atoms with Crippen molar-refractivity contribution in [2.24, 2.45) is 0 Å². The molecule has 2 aromatic heterocycles. The Morgan fingerprint density at radius 1 is 1.20 bits per heavy atom. The average molecular weight is 514 g/mol. The van der Waals surface area contributed by atoms with Crippen LogP contribution in [0.25, 0.3) is 0 Å². The summed E-state index contributed by atoms with van der Waals surface area (Å²) in [5.74, 6) is 2.64. The van der Waals surface area contributed by atoms with Gasteiger partial charge in [-0.05, 0) is 0 Å². The van der Waals surface area contributed by atoms with Gasteiger partial charge in [-0.15, -0.1) is 0 Å². The van der Waals surface area contributed by atoms with Gasteiger partial charge < -0.3 is 0 Å². The monoisotopic (exact) mass is 517 g/mol. The van der Waals surface area contributed by atoms with E-state index in [9.17, 15) is 0 Å². The second-order valence-electron chi connectivity index (χ2n) is 1.32. The molecule has 2 aromatic rings. The minimum absolute atomic E-state index is 0.0454. The summed E-state index contributed by atoms with van der Waals surface area (Å²) in [5.41, 5.74) is 0. The third-order valence-corrected chi connectivity index (χ3v) is 131. The standard InChI is InChI=1S/CINP4Se3/c2-5-7-8-4(1-3)6(9-5)10-7. The number of rotatable bonds is 0. The van der Waals surface area contributed by atoms with Gasteiger partial charge in [0.1, 0.15) is 0 Å². The third kappa shape index (κ3) is 1.75. The minimum atomic E-state index is 0.0454. The predicted molar refractivity (Wildman–Crippen MR) is 64.6 cm³/mol. The molecular weight excluding hydrogens is 514 g/mol. The molecule has 2 rings (SSSR count). The molecule has 0 aliphatic rings. The zero-order valence-electron chi connectivity index (χ0n) is 4.34. The molecule has 0 saturated carbocycles. The van der Waals surface area contributed by atoms with Gasteiger partial charge in [-0.1, -0.05) is 0 Å². The van der Waals surface area contributed by atoms with Gasteiger partial charge in [0.15, 0.2) is 0 Å². The summed E-state index contributed by atoms with van der Waals surface area (Å²) in [6, 6.07) is 0. The van der Waals surface area contributed by atoms with Crippen molar-refractivity contribution in [3.8, 4) is 5.81 Å². The molecule has 2 heterocycles. The Morgan fingerprint density at radius 3 is 2.40 bits per heavy atom. The van der Waals surface area contributed by atoms with Crippen LogP contribution >= 0.6 is 40.1 Å². The van der Waals surface area contributed by atoms with Gasteiger partial charge in [-0.3, -0.25) is 0 Å². The maximum atomic E-state index is 8.82. The summed E-state index contributed by atoms with van der Waals surface area (Å²) in [4.78, 5) is 0. The second-order valence-corrected chi connectivity index (χ2v) is 60.8. The van der Waals surface area contributed by atoms with Crippen molar-refractivity contribution in [2.45, 2.75) is 0 Å². The summed E-state index contributed by atoms with van der Waals surface area (Å²) >= 11 is 5.67. The molecule has 10 heavy (non-hydrogen) atoms. The van der Waals surface area contributed by atoms with Gasteiger partial charge in [0.25, 0.3) is 0 Å². The van der Waals surface area contributed by atoms with Crippen molar-refractivity contribution >= 4 is 80.9 Å². The Kier molecular flexibility index (Phi) is 3.82. The number of halogens is 1. The fourth-order valence-electron chi connectivity index (χ4n) is 0.452. The average Bonchev–Trinajstić information content (AvgIpc) is 2.44. The van der Waals surface area contributed by atoms with Crippen LogP contribution in [-0.2, 0) is 0 Å². The van der Waals surface area contributed by atoms with E-state index in [2.05, 4.69) is 27.9 Å². The van der Waals surface area contributed by atoms with Crippen molar-refractivity contribution in [2.75, 3.05) is 0 Å². The van der Waals surface area contributed by atoms with Crippen LogP contribution < -0.4 is 0 Å². The molecule has 2 bridgehead atoms. The molecule has 54 valence electrons. The maximum absolute atomic E-state index is 8.82. The number of hydrogen-bond acceptors (Lipinski definition) is 1. The van der Waals surface area contributed by atoms with Gasteiger partial charge in [0.2, 0.25) is 0 Å². The van der Waals surface area contributed by atoms with Gasteiger partial charge >= 0.3 is 91.9 Å². The molecule has 0 aliphatic heterocycles. The molecule has 0 amide bonds. The molecule has 0 aromatic carbocycles. The van der Waals surface area contributed by atoms with E-state index in [-0.39, 0.29) is 5.87 Å². The van der Waals surface area contributed by atoms with Crippen LogP contribution in [0.5, 0.6) is 0 Å². The van der Waals surface area contributed by atoms with Crippen LogP contribution in [0.1, 0.15) is 0 Å². The second kappa shape index (κ2) is 4.01. The zero-order chi connectivity index (χ0) is 7.14. The SMILES string of the molecule is N#Cp1[se]p2[se]p1[se]p2I. The van der Waals surface area contributed by atoms with Crippen LogP contribution in [0, 0.1) is 11.1 Å². The summed E-state index contributed by atoms with van der Waals surface area (Å²) in [6.07, 6.45) is 0. The molecule has 4 unspecified atom stereocenters. The molecule has 0 spiro atoms. The fraction of sp³-hybridized carbons (Fsp3) is 0. The Balaban J connectivity index is 2.85. The van der Waals surface area contributed by atoms with Gasteiger partial charge in [0.05, 0.1) is 0 Å². The van der Waals surface area contributed by atoms with E-state index in [4.69, 9.17) is 5.26 Å². The number of nitrogens with zero attached hydrogens (tertiary/aromatic N) is 1. The summed E-state index contributed by atoms with van der Waals surface area (Å²) in [5, 5.41) is 8.82. The van der Waals surface area contributed by atoms with Gasteiger partial charge in [-0.25, -0.2) is 0 Å². The zero-order valence-corrected chi connectivity index (χ0v) is 15.2. The predicted octanol–water partition coefficient (Wildman–Crippen LogP) is 3.20. The Morgan fingerprint density at radius 2 is 2.00 bits per heavy atom. The van der Waals surface area contributed by atoms with E-state index >= 15 is 0 Å². The Hall–Kier alpha value is 2.98. The number of nitriles is 1. The molecule has 0 saturated heterocycles. The van der Waals surface area contributed by atoms with Crippen molar-refractivity contribution < 1.29 is 0 Å². The molecule has 0 radical (unpaired) electrons. The van der Waals surface area contributed by atoms with Gasteiger partial charge in [0, 0.05) is 0 Å². The first-order chi connectivity index (χ1) is 4.81. The summed E-state index contributed by atoms with van der Waals surface area (Å²) < 4.78 is 1.53. The Bertz CT molecular complexity index is 405. The van der Waals surface area contributed by atoms with E-state index in [1.165, 1.54) is 0 Å². The van der Waals surface area contributed by atoms with Crippen molar-refractivity contribution in [3.05, 3.63) is 0 Å². The van der Waals surface area contributed by atoms with E-state index in [0.29, 0.717) is 12.2 Å². The number of hydrogen-bond donors (Lipinski definition) is 0. The molecule has 1 nitrogen and oxygen atoms in total. The van der Waals surface area contributed by atoms with E-state index in [1.54, 1.807) is 0 Å². The van der Waals surface area contributed by atoms with Crippen LogP contribution in [0.15, 0.2) is 0 Å². The van der Waals surface area contributed by atoms with Crippen LogP contribution in [-0.4, -0.2) is 40.8 Å². The summed E-state index contributed by atoms with van der Waals surface area (Å²) in [7, 11) is 0. The Labute approximate surface area is 90.4 Å². The summed E-state index contributed by atoms with van der Waals surface area (Å²) in [6.45, 7) is 0. The quantitative estimate of drug-likeness (QED) is 0.392. The van der Waals surface area contributed by atoms with Gasteiger partial charge in [-0.2, -0.15) is 0 Å². The van der Waals surface area contributed by atoms with E-state index < -0.39 is 0 Å². The molecular formula is CINP4Se3. The third-order valence-electron chi connectivity index (χ3n) is 0.786. The molecule has 0 aliphatic carbocycles. The first-order valence-electron chi connectivity index (χ1n) is 2.11. The fourth-order valence-corrected chi connectivity index (χ4v) is 264. The molecule has 4 atom stereocenters. The van der Waals surface area contributed by atoms with Crippen molar-refractivity contribution in [3.63, 3.8) is 0 Å². The van der Waals surface area contributed by atoms with Crippen molar-refractivity contribution in [1.29, 1.82) is 5.26 Å².